The van der Waals surface area contributed by atoms with Crippen LogP contribution in [0, 0.1) is 0 Å². The monoisotopic (exact) mass is 201 g/mol. The molecule has 0 saturated heterocycles. The van der Waals surface area contributed by atoms with E-state index in [1.165, 1.54) is 0 Å². The minimum Gasteiger partial charge on any atom is -0.384 e. The summed E-state index contributed by atoms with van der Waals surface area (Å²) in [6.07, 6.45) is 1.91. The Morgan fingerprint density at radius 3 is 2.54 bits per heavy atom. The summed E-state index contributed by atoms with van der Waals surface area (Å²) in [5.74, 6) is 0.345. The van der Waals surface area contributed by atoms with Gasteiger partial charge in [0.05, 0.1) is 5.75 Å². The molecule has 0 spiro atoms. The summed E-state index contributed by atoms with van der Waals surface area (Å²) in [6, 6.07) is 3.35. The average molecular weight is 201 g/mol. The molecule has 0 fully saturated rings. The number of aromatic nitrogens is 1. The van der Waals surface area contributed by atoms with E-state index in [0.29, 0.717) is 12.2 Å². The first-order valence-corrected chi connectivity index (χ1v) is 5.40. The minimum absolute atomic E-state index is 0.0708. The molecule has 0 aromatic carbocycles. The first kappa shape index (κ1) is 9.94. The van der Waals surface area contributed by atoms with Crippen LogP contribution in [0.5, 0.6) is 0 Å². The van der Waals surface area contributed by atoms with Gasteiger partial charge in [-0.1, -0.05) is 6.07 Å². The van der Waals surface area contributed by atoms with Gasteiger partial charge >= 0.3 is 0 Å². The van der Waals surface area contributed by atoms with Gasteiger partial charge in [0.25, 0.3) is 0 Å². The van der Waals surface area contributed by atoms with Crippen molar-refractivity contribution in [2.75, 3.05) is 11.5 Å². The number of pyridine rings is 1. The third kappa shape index (κ3) is 3.86. The van der Waals surface area contributed by atoms with Crippen LogP contribution in [-0.4, -0.2) is 19.2 Å². The molecule has 5 nitrogen and oxygen atoms in total. The molecule has 0 amide bonds. The molecule has 13 heavy (non-hydrogen) atoms. The topological polar surface area (TPSA) is 99.1 Å². The summed E-state index contributed by atoms with van der Waals surface area (Å²) in [4.78, 5) is 3.82. The Labute approximate surface area is 76.8 Å². The molecule has 1 heterocycles. The Hall–Kier alpha value is -1.14. The van der Waals surface area contributed by atoms with Crippen molar-refractivity contribution in [2.24, 2.45) is 5.14 Å². The van der Waals surface area contributed by atoms with Gasteiger partial charge in [0.1, 0.15) is 5.82 Å². The van der Waals surface area contributed by atoms with Crippen LogP contribution < -0.4 is 10.9 Å². The van der Waals surface area contributed by atoms with Crippen LogP contribution >= 0.6 is 0 Å². The summed E-state index contributed by atoms with van der Waals surface area (Å²) >= 11 is 0. The van der Waals surface area contributed by atoms with Gasteiger partial charge in [-0.2, -0.15) is 0 Å². The molecular formula is C7H11N3O2S. The molecule has 0 unspecified atom stereocenters. The van der Waals surface area contributed by atoms with Crippen molar-refractivity contribution in [1.29, 1.82) is 0 Å². The number of nitrogen functional groups attached to an aromatic ring is 1. The predicted octanol–water partition coefficient (Wildman–Crippen LogP) is -0.505. The lowest BCUT2D eigenvalue weighted by Crippen LogP contribution is -2.18. The highest BCUT2D eigenvalue weighted by atomic mass is 32.2. The van der Waals surface area contributed by atoms with Crippen LogP contribution in [0.2, 0.25) is 0 Å². The number of sulfonamides is 1. The van der Waals surface area contributed by atoms with Crippen molar-refractivity contribution in [1.82, 2.24) is 4.98 Å². The molecule has 6 heteroatoms. The third-order valence-electron chi connectivity index (χ3n) is 1.52. The number of nitrogens with two attached hydrogens (primary N) is 2. The Morgan fingerprint density at radius 2 is 2.08 bits per heavy atom. The Kier molecular flexibility index (Phi) is 2.84. The van der Waals surface area contributed by atoms with E-state index in [9.17, 15) is 8.42 Å². The van der Waals surface area contributed by atoms with E-state index in [1.54, 1.807) is 18.3 Å². The van der Waals surface area contributed by atoms with Gasteiger partial charge < -0.3 is 5.73 Å². The summed E-state index contributed by atoms with van der Waals surface area (Å²) in [5.41, 5.74) is 6.16. The molecule has 0 radical (unpaired) electrons. The fourth-order valence-electron chi connectivity index (χ4n) is 0.844. The molecule has 0 bridgehead atoms. The second-order valence-corrected chi connectivity index (χ2v) is 4.44. The zero-order valence-electron chi connectivity index (χ0n) is 6.97. The van der Waals surface area contributed by atoms with Gasteiger partial charge in [0, 0.05) is 6.20 Å². The van der Waals surface area contributed by atoms with E-state index in [4.69, 9.17) is 10.9 Å². The van der Waals surface area contributed by atoms with Gasteiger partial charge in [-0.05, 0) is 18.1 Å². The van der Waals surface area contributed by atoms with Crippen LogP contribution in [0.4, 0.5) is 5.82 Å². The van der Waals surface area contributed by atoms with E-state index in [2.05, 4.69) is 4.98 Å². The van der Waals surface area contributed by atoms with Gasteiger partial charge in [-0.3, -0.25) is 0 Å². The number of aryl methyl sites for hydroxylation is 1. The first-order valence-electron chi connectivity index (χ1n) is 3.68. The first-order chi connectivity index (χ1) is 5.97. The van der Waals surface area contributed by atoms with E-state index in [0.717, 1.165) is 5.56 Å². The zero-order chi connectivity index (χ0) is 9.90. The Bertz CT molecular complexity index is 371. The molecule has 0 aliphatic rings. The Morgan fingerprint density at radius 1 is 1.38 bits per heavy atom. The number of primary sulfonamides is 1. The molecule has 0 aliphatic carbocycles. The summed E-state index contributed by atoms with van der Waals surface area (Å²) in [6.45, 7) is 0. The number of hydrogen-bond acceptors (Lipinski definition) is 4. The molecule has 1 aromatic rings. The van der Waals surface area contributed by atoms with Gasteiger partial charge in [0.15, 0.2) is 0 Å². The van der Waals surface area contributed by atoms with Gasteiger partial charge in [-0.25, -0.2) is 18.5 Å². The molecule has 1 aromatic heterocycles. The smallest absolute Gasteiger partial charge is 0.209 e. The van der Waals surface area contributed by atoms with Crippen LogP contribution in [0.1, 0.15) is 5.56 Å². The summed E-state index contributed by atoms with van der Waals surface area (Å²) < 4.78 is 21.2. The molecular weight excluding hydrogens is 190 g/mol. The largest absolute Gasteiger partial charge is 0.384 e. The number of hydrogen-bond donors (Lipinski definition) is 2. The molecule has 0 atom stereocenters. The van der Waals surface area contributed by atoms with E-state index in [1.807, 2.05) is 0 Å². The van der Waals surface area contributed by atoms with Crippen molar-refractivity contribution in [3.63, 3.8) is 0 Å². The zero-order valence-corrected chi connectivity index (χ0v) is 7.79. The SMILES string of the molecule is Nc1ccc(CCS(N)(=O)=O)cn1. The predicted molar refractivity (Wildman–Crippen MR) is 50.3 cm³/mol. The van der Waals surface area contributed by atoms with Crippen molar-refractivity contribution in [2.45, 2.75) is 6.42 Å². The van der Waals surface area contributed by atoms with Crippen LogP contribution in [0.25, 0.3) is 0 Å². The lowest BCUT2D eigenvalue weighted by atomic mass is 10.2. The van der Waals surface area contributed by atoms with E-state index < -0.39 is 10.0 Å². The fraction of sp³-hybridized carbons (Fsp3) is 0.286. The van der Waals surface area contributed by atoms with E-state index in [-0.39, 0.29) is 5.75 Å². The van der Waals surface area contributed by atoms with E-state index >= 15 is 0 Å². The summed E-state index contributed by atoms with van der Waals surface area (Å²) in [7, 11) is -3.39. The molecule has 72 valence electrons. The average Bonchev–Trinajstić information content (AvgIpc) is 2.02. The van der Waals surface area contributed by atoms with Gasteiger partial charge in [0.2, 0.25) is 10.0 Å². The number of anilines is 1. The van der Waals surface area contributed by atoms with Crippen molar-refractivity contribution >= 4 is 15.8 Å². The maximum absolute atomic E-state index is 10.6. The number of rotatable bonds is 3. The van der Waals surface area contributed by atoms with Crippen LogP contribution in [0.3, 0.4) is 0 Å². The lowest BCUT2D eigenvalue weighted by molar-refractivity contribution is 0.597. The molecule has 0 aliphatic heterocycles. The molecule has 4 N–H and O–H groups in total. The standard InChI is InChI=1S/C7H11N3O2S/c8-7-2-1-6(5-10-7)3-4-13(9,11)12/h1-2,5H,3-4H2,(H2,8,10)(H2,9,11,12). The quantitative estimate of drug-likeness (QED) is 0.688. The van der Waals surface area contributed by atoms with Crippen molar-refractivity contribution < 1.29 is 8.42 Å². The normalized spacial score (nSPS) is 11.5. The number of nitrogens with zero attached hydrogens (tertiary/aromatic N) is 1. The van der Waals surface area contributed by atoms with Gasteiger partial charge in [-0.15, -0.1) is 0 Å². The maximum atomic E-state index is 10.6. The second-order valence-electron chi connectivity index (χ2n) is 2.71. The second kappa shape index (κ2) is 3.71. The third-order valence-corrected chi connectivity index (χ3v) is 2.30. The fourth-order valence-corrected chi connectivity index (χ4v) is 1.36. The molecule has 1 rings (SSSR count). The highest BCUT2D eigenvalue weighted by molar-refractivity contribution is 7.89. The van der Waals surface area contributed by atoms with Crippen LogP contribution in [0.15, 0.2) is 18.3 Å². The maximum Gasteiger partial charge on any atom is 0.209 e. The highest BCUT2D eigenvalue weighted by Gasteiger charge is 2.03. The Balaban J connectivity index is 2.61. The summed E-state index contributed by atoms with van der Waals surface area (Å²) in [5, 5.41) is 4.84. The van der Waals surface area contributed by atoms with Crippen molar-refractivity contribution in [3.05, 3.63) is 23.9 Å². The van der Waals surface area contributed by atoms with Crippen molar-refractivity contribution in [3.8, 4) is 0 Å². The highest BCUT2D eigenvalue weighted by Crippen LogP contribution is 2.02. The van der Waals surface area contributed by atoms with Crippen LogP contribution in [-0.2, 0) is 16.4 Å². The minimum atomic E-state index is -3.39. The molecule has 0 saturated carbocycles. The lowest BCUT2D eigenvalue weighted by Gasteiger charge is -1.99.